The van der Waals surface area contributed by atoms with Crippen molar-refractivity contribution in [3.8, 4) is 5.75 Å². The molecule has 0 fully saturated rings. The average molecular weight is 314 g/mol. The average Bonchev–Trinajstić information content (AvgIpc) is 2.98. The largest absolute Gasteiger partial charge is 0.492 e. The number of rotatable bonds is 6. The van der Waals surface area contributed by atoms with Crippen molar-refractivity contribution >= 4 is 5.91 Å². The van der Waals surface area contributed by atoms with E-state index in [1.165, 1.54) is 0 Å². The molecule has 122 valence electrons. The molecule has 3 rings (SSSR count). The number of H-pyrrole nitrogens is 1. The molecule has 0 saturated heterocycles. The van der Waals surface area contributed by atoms with Crippen molar-refractivity contribution in [1.29, 1.82) is 0 Å². The fourth-order valence-corrected chi connectivity index (χ4v) is 2.84. The van der Waals surface area contributed by atoms with E-state index in [1.807, 2.05) is 12.1 Å². The van der Waals surface area contributed by atoms with Crippen molar-refractivity contribution in [1.82, 2.24) is 20.5 Å². The zero-order valence-electron chi connectivity index (χ0n) is 13.3. The van der Waals surface area contributed by atoms with Crippen LogP contribution in [-0.2, 0) is 12.8 Å². The Kier molecular flexibility index (Phi) is 4.90. The number of aromatic amines is 1. The molecular formula is C17H22N4O2. The molecule has 0 aliphatic heterocycles. The van der Waals surface area contributed by atoms with Gasteiger partial charge in [-0.15, -0.1) is 0 Å². The first kappa shape index (κ1) is 15.5. The number of hydrogen-bond donors (Lipinski definition) is 2. The highest BCUT2D eigenvalue weighted by Gasteiger charge is 2.24. The molecule has 1 aliphatic rings. The standard InChI is InChI=1S/C17H22N4O2/c1-12-5-6-15-14(10-12)16(21-20-15)17(22)19-8-3-9-23-13-4-2-7-18-11-13/h2,4,7,11-12H,3,5-6,8-10H2,1H3,(H,19,22)(H,20,21)/t12-/m0/s1. The van der Waals surface area contributed by atoms with Crippen molar-refractivity contribution in [3.63, 3.8) is 0 Å². The summed E-state index contributed by atoms with van der Waals surface area (Å²) in [6.45, 7) is 3.32. The SMILES string of the molecule is C[C@H]1CCc2[nH]nc(C(=O)NCCCOc3cccnc3)c2C1. The van der Waals surface area contributed by atoms with Gasteiger partial charge in [0.25, 0.3) is 5.91 Å². The van der Waals surface area contributed by atoms with Crippen LogP contribution in [0, 0.1) is 5.92 Å². The Bertz CT molecular complexity index is 654. The predicted octanol–water partition coefficient (Wildman–Crippen LogP) is 2.13. The molecule has 0 unspecified atom stereocenters. The zero-order valence-corrected chi connectivity index (χ0v) is 13.3. The first-order chi connectivity index (χ1) is 11.2. The van der Waals surface area contributed by atoms with E-state index >= 15 is 0 Å². The number of nitrogens with zero attached hydrogens (tertiary/aromatic N) is 2. The topological polar surface area (TPSA) is 79.9 Å². The Hall–Kier alpha value is -2.37. The Balaban J connectivity index is 1.44. The Morgan fingerprint density at radius 3 is 3.26 bits per heavy atom. The van der Waals surface area contributed by atoms with Crippen molar-refractivity contribution in [2.45, 2.75) is 32.6 Å². The summed E-state index contributed by atoms with van der Waals surface area (Å²) in [5.74, 6) is 1.26. The van der Waals surface area contributed by atoms with Gasteiger partial charge in [-0.05, 0) is 43.7 Å². The van der Waals surface area contributed by atoms with Crippen LogP contribution in [0.1, 0.15) is 41.5 Å². The second kappa shape index (κ2) is 7.26. The zero-order chi connectivity index (χ0) is 16.1. The summed E-state index contributed by atoms with van der Waals surface area (Å²) in [6, 6.07) is 3.70. The summed E-state index contributed by atoms with van der Waals surface area (Å²) in [5.41, 5.74) is 2.76. The van der Waals surface area contributed by atoms with Crippen LogP contribution >= 0.6 is 0 Å². The number of aryl methyl sites for hydroxylation is 1. The molecule has 0 radical (unpaired) electrons. The molecule has 6 heteroatoms. The molecule has 6 nitrogen and oxygen atoms in total. The summed E-state index contributed by atoms with van der Waals surface area (Å²) in [5, 5.41) is 10.1. The van der Waals surface area contributed by atoms with Crippen LogP contribution in [0.2, 0.25) is 0 Å². The van der Waals surface area contributed by atoms with Crippen LogP contribution in [0.15, 0.2) is 24.5 Å². The molecule has 23 heavy (non-hydrogen) atoms. The van der Waals surface area contributed by atoms with Crippen LogP contribution in [0.5, 0.6) is 5.75 Å². The number of pyridine rings is 1. The van der Waals surface area contributed by atoms with E-state index in [-0.39, 0.29) is 5.91 Å². The second-order valence-electron chi connectivity index (χ2n) is 6.02. The minimum Gasteiger partial charge on any atom is -0.492 e. The van der Waals surface area contributed by atoms with E-state index < -0.39 is 0 Å². The van der Waals surface area contributed by atoms with Crippen molar-refractivity contribution in [2.75, 3.05) is 13.2 Å². The number of aromatic nitrogens is 3. The van der Waals surface area contributed by atoms with Crippen LogP contribution < -0.4 is 10.1 Å². The van der Waals surface area contributed by atoms with E-state index in [1.54, 1.807) is 12.4 Å². The van der Waals surface area contributed by atoms with Gasteiger partial charge in [0.05, 0.1) is 12.8 Å². The molecule has 2 aromatic heterocycles. The van der Waals surface area contributed by atoms with Gasteiger partial charge in [-0.3, -0.25) is 14.9 Å². The number of hydrogen-bond acceptors (Lipinski definition) is 4. The van der Waals surface area contributed by atoms with Crippen molar-refractivity contribution in [2.24, 2.45) is 5.92 Å². The minimum atomic E-state index is -0.0991. The highest BCUT2D eigenvalue weighted by molar-refractivity contribution is 5.94. The number of ether oxygens (including phenoxy) is 1. The third-order valence-electron chi connectivity index (χ3n) is 4.12. The van der Waals surface area contributed by atoms with Gasteiger partial charge in [0.15, 0.2) is 5.69 Å². The molecular weight excluding hydrogens is 292 g/mol. The first-order valence-corrected chi connectivity index (χ1v) is 8.11. The summed E-state index contributed by atoms with van der Waals surface area (Å²) in [6.07, 6.45) is 7.19. The number of carbonyl (C=O) groups excluding carboxylic acids is 1. The molecule has 2 N–H and O–H groups in total. The molecule has 1 atom stereocenters. The fraction of sp³-hybridized carbons (Fsp3) is 0.471. The van der Waals surface area contributed by atoms with Crippen LogP contribution in [0.3, 0.4) is 0 Å². The Morgan fingerprint density at radius 1 is 1.52 bits per heavy atom. The highest BCUT2D eigenvalue weighted by Crippen LogP contribution is 2.25. The lowest BCUT2D eigenvalue weighted by Crippen LogP contribution is -2.27. The van der Waals surface area contributed by atoms with E-state index in [4.69, 9.17) is 4.74 Å². The number of amides is 1. The van der Waals surface area contributed by atoms with E-state index in [9.17, 15) is 4.79 Å². The van der Waals surface area contributed by atoms with E-state index in [2.05, 4.69) is 27.4 Å². The lowest BCUT2D eigenvalue weighted by Gasteiger charge is -2.17. The van der Waals surface area contributed by atoms with E-state index in [0.29, 0.717) is 24.8 Å². The van der Waals surface area contributed by atoms with Crippen LogP contribution in [-0.4, -0.2) is 34.2 Å². The number of carbonyl (C=O) groups is 1. The van der Waals surface area contributed by atoms with Crippen molar-refractivity contribution in [3.05, 3.63) is 41.5 Å². The molecule has 0 saturated carbocycles. The lowest BCUT2D eigenvalue weighted by molar-refractivity contribution is 0.0945. The minimum absolute atomic E-state index is 0.0991. The molecule has 2 aromatic rings. The number of fused-ring (bicyclic) bond motifs is 1. The van der Waals surface area contributed by atoms with Gasteiger partial charge in [0.1, 0.15) is 5.75 Å². The normalized spacial score (nSPS) is 16.7. The highest BCUT2D eigenvalue weighted by atomic mass is 16.5. The maximum absolute atomic E-state index is 12.3. The van der Waals surface area contributed by atoms with Crippen LogP contribution in [0.4, 0.5) is 0 Å². The molecule has 0 aromatic carbocycles. The van der Waals surface area contributed by atoms with E-state index in [0.717, 1.165) is 42.7 Å². The van der Waals surface area contributed by atoms with Gasteiger partial charge in [-0.2, -0.15) is 5.10 Å². The lowest BCUT2D eigenvalue weighted by atomic mass is 9.87. The number of nitrogens with one attached hydrogen (secondary N) is 2. The summed E-state index contributed by atoms with van der Waals surface area (Å²) < 4.78 is 5.55. The maximum Gasteiger partial charge on any atom is 0.272 e. The van der Waals surface area contributed by atoms with Gasteiger partial charge in [-0.25, -0.2) is 0 Å². The van der Waals surface area contributed by atoms with Crippen molar-refractivity contribution < 1.29 is 9.53 Å². The summed E-state index contributed by atoms with van der Waals surface area (Å²) in [4.78, 5) is 16.3. The Labute approximate surface area is 135 Å². The molecule has 0 bridgehead atoms. The van der Waals surface area contributed by atoms with Gasteiger partial charge in [0.2, 0.25) is 0 Å². The Morgan fingerprint density at radius 2 is 2.43 bits per heavy atom. The molecule has 0 spiro atoms. The first-order valence-electron chi connectivity index (χ1n) is 8.11. The van der Waals surface area contributed by atoms with Gasteiger partial charge in [-0.1, -0.05) is 6.92 Å². The predicted molar refractivity (Wildman–Crippen MR) is 86.5 cm³/mol. The third-order valence-corrected chi connectivity index (χ3v) is 4.12. The second-order valence-corrected chi connectivity index (χ2v) is 6.02. The smallest absolute Gasteiger partial charge is 0.272 e. The maximum atomic E-state index is 12.3. The third kappa shape index (κ3) is 3.88. The van der Waals surface area contributed by atoms with Gasteiger partial charge < -0.3 is 10.1 Å². The van der Waals surface area contributed by atoms with Gasteiger partial charge in [0, 0.05) is 24.0 Å². The fourth-order valence-electron chi connectivity index (χ4n) is 2.84. The monoisotopic (exact) mass is 314 g/mol. The van der Waals surface area contributed by atoms with Gasteiger partial charge >= 0.3 is 0 Å². The summed E-state index contributed by atoms with van der Waals surface area (Å²) in [7, 11) is 0. The molecule has 2 heterocycles. The quantitative estimate of drug-likeness (QED) is 0.801. The summed E-state index contributed by atoms with van der Waals surface area (Å²) >= 11 is 0. The molecule has 1 aliphatic carbocycles. The molecule has 1 amide bonds. The van der Waals surface area contributed by atoms with Crippen LogP contribution in [0.25, 0.3) is 0 Å².